The molecule has 1 aliphatic heterocycles. The lowest BCUT2D eigenvalue weighted by atomic mass is 10.4. The zero-order valence-electron chi connectivity index (χ0n) is 7.46. The minimum atomic E-state index is -1.24. The zero-order valence-corrected chi connectivity index (χ0v) is 7.46. The summed E-state index contributed by atoms with van der Waals surface area (Å²) >= 11 is 0. The van der Waals surface area contributed by atoms with Crippen molar-refractivity contribution < 1.29 is 15.2 Å². The van der Waals surface area contributed by atoms with E-state index < -0.39 is 5.97 Å². The van der Waals surface area contributed by atoms with Gasteiger partial charge < -0.3 is 9.90 Å². The van der Waals surface area contributed by atoms with Crippen molar-refractivity contribution in [1.82, 2.24) is 4.98 Å². The zero-order chi connectivity index (χ0) is 10.2. The maximum atomic E-state index is 10.0. The van der Waals surface area contributed by atoms with Crippen molar-refractivity contribution in [2.45, 2.75) is 0 Å². The number of pyridine rings is 1. The van der Waals surface area contributed by atoms with Crippen LogP contribution in [0.3, 0.4) is 0 Å². The number of hydrogen-bond acceptors (Lipinski definition) is 3. The van der Waals surface area contributed by atoms with Crippen LogP contribution >= 0.6 is 0 Å². The van der Waals surface area contributed by atoms with Gasteiger partial charge >= 0.3 is 0 Å². The number of nitrogens with two attached hydrogens (primary N) is 1. The summed E-state index contributed by atoms with van der Waals surface area (Å²) in [5.74, 6) is -1.24. The van der Waals surface area contributed by atoms with Gasteiger partial charge in [-0.05, 0) is 24.3 Å². The van der Waals surface area contributed by atoms with Crippen LogP contribution < -0.4 is 10.4 Å². The summed E-state index contributed by atoms with van der Waals surface area (Å²) in [5, 5.41) is 12.0. The van der Waals surface area contributed by atoms with Crippen LogP contribution in [-0.4, -0.2) is 11.0 Å². The first-order chi connectivity index (χ1) is 6.80. The molecule has 0 aromatic carbocycles. The van der Waals surface area contributed by atoms with E-state index in [-0.39, 0.29) is 5.69 Å². The highest BCUT2D eigenvalue weighted by Crippen LogP contribution is 1.88. The molecule has 1 aliphatic rings. The lowest BCUT2D eigenvalue weighted by Crippen LogP contribution is -2.69. The molecule has 0 atom stereocenters. The Balaban J connectivity index is 0.000000165. The molecule has 72 valence electrons. The van der Waals surface area contributed by atoms with Gasteiger partial charge in [-0.1, -0.05) is 6.07 Å². The van der Waals surface area contributed by atoms with Crippen molar-refractivity contribution in [1.29, 1.82) is 0 Å². The molecule has 2 heterocycles. The highest BCUT2D eigenvalue weighted by Gasteiger charge is 1.87. The number of carbonyl (C=O) groups excluding carboxylic acids is 1. The molecule has 0 amide bonds. The van der Waals surface area contributed by atoms with Gasteiger partial charge in [-0.25, -0.2) is 0 Å². The summed E-state index contributed by atoms with van der Waals surface area (Å²) in [4.78, 5) is 13.5. The fraction of sp³-hybridized carbons (Fsp3) is 0. The molecule has 0 unspecified atom stereocenters. The first-order valence-corrected chi connectivity index (χ1v) is 4.10. The van der Waals surface area contributed by atoms with Crippen LogP contribution in [0.2, 0.25) is 0 Å². The Morgan fingerprint density at radius 2 is 2.00 bits per heavy atom. The maximum absolute atomic E-state index is 10.0. The topological polar surface area (TPSA) is 69.6 Å². The predicted octanol–water partition coefficient (Wildman–Crippen LogP) is -0.964. The second kappa shape index (κ2) is 5.66. The van der Waals surface area contributed by atoms with Gasteiger partial charge in [-0.2, -0.15) is 0 Å². The van der Waals surface area contributed by atoms with Crippen molar-refractivity contribution in [3.63, 3.8) is 0 Å². The fourth-order valence-electron chi connectivity index (χ4n) is 0.804. The van der Waals surface area contributed by atoms with Crippen LogP contribution in [0, 0.1) is 0 Å². The molecule has 0 bridgehead atoms. The SMILES string of the molecule is C1=C[NH2+]C=C1.O=C([O-])c1ccccn1. The number of rotatable bonds is 1. The van der Waals surface area contributed by atoms with Gasteiger partial charge in [0.05, 0.1) is 24.1 Å². The molecule has 2 N–H and O–H groups in total. The minimum Gasteiger partial charge on any atom is -0.543 e. The van der Waals surface area contributed by atoms with E-state index >= 15 is 0 Å². The highest BCUT2D eigenvalue weighted by atomic mass is 16.4. The number of allylic oxidation sites excluding steroid dienone is 2. The predicted molar refractivity (Wildman–Crippen MR) is 48.8 cm³/mol. The number of carboxylic acid groups (broad SMARTS) is 1. The van der Waals surface area contributed by atoms with Crippen molar-refractivity contribution in [2.75, 3.05) is 0 Å². The third kappa shape index (κ3) is 3.64. The van der Waals surface area contributed by atoms with Crippen LogP contribution in [0.25, 0.3) is 0 Å². The number of aromatic nitrogens is 1. The summed E-state index contributed by atoms with van der Waals surface area (Å²) in [6, 6.07) is 4.62. The molecular weight excluding hydrogens is 180 g/mol. The van der Waals surface area contributed by atoms with Gasteiger partial charge in [-0.15, -0.1) is 0 Å². The molecular formula is C10H10N2O2. The Hall–Kier alpha value is -1.94. The smallest absolute Gasteiger partial charge is 0.0973 e. The van der Waals surface area contributed by atoms with Crippen LogP contribution in [-0.2, 0) is 0 Å². The summed E-state index contributed by atoms with van der Waals surface area (Å²) in [7, 11) is 0. The largest absolute Gasteiger partial charge is 0.543 e. The molecule has 0 fully saturated rings. The summed E-state index contributed by atoms with van der Waals surface area (Å²) in [5.41, 5.74) is -0.0301. The Bertz CT molecular complexity index is 334. The van der Waals surface area contributed by atoms with Crippen LogP contribution in [0.15, 0.2) is 48.9 Å². The van der Waals surface area contributed by atoms with Gasteiger partial charge in [0, 0.05) is 6.20 Å². The lowest BCUT2D eigenvalue weighted by molar-refractivity contribution is -0.510. The Morgan fingerprint density at radius 1 is 1.29 bits per heavy atom. The number of nitrogens with zero attached hydrogens (tertiary/aromatic N) is 1. The normalized spacial score (nSPS) is 12.0. The van der Waals surface area contributed by atoms with Gasteiger partial charge in [0.15, 0.2) is 0 Å². The average molecular weight is 190 g/mol. The van der Waals surface area contributed by atoms with E-state index in [1.807, 2.05) is 29.9 Å². The molecule has 4 heteroatoms. The van der Waals surface area contributed by atoms with E-state index in [0.29, 0.717) is 0 Å². The summed E-state index contributed by atoms with van der Waals surface area (Å²) < 4.78 is 0. The van der Waals surface area contributed by atoms with Crippen LogP contribution in [0.4, 0.5) is 0 Å². The van der Waals surface area contributed by atoms with Gasteiger partial charge in [0.25, 0.3) is 0 Å². The van der Waals surface area contributed by atoms with E-state index in [1.54, 1.807) is 12.1 Å². The maximum Gasteiger partial charge on any atom is 0.0973 e. The summed E-state index contributed by atoms with van der Waals surface area (Å²) in [6.07, 6.45) is 9.41. The second-order valence-corrected chi connectivity index (χ2v) is 2.46. The molecule has 0 aliphatic carbocycles. The van der Waals surface area contributed by atoms with E-state index in [4.69, 9.17) is 0 Å². The first kappa shape index (κ1) is 10.1. The van der Waals surface area contributed by atoms with E-state index in [1.165, 1.54) is 12.3 Å². The third-order valence-electron chi connectivity index (χ3n) is 1.43. The molecule has 1 aromatic heterocycles. The molecule has 0 spiro atoms. The average Bonchev–Trinajstić information content (AvgIpc) is 2.77. The van der Waals surface area contributed by atoms with Crippen molar-refractivity contribution in [3.05, 3.63) is 54.6 Å². The molecule has 2 rings (SSSR count). The van der Waals surface area contributed by atoms with E-state index in [9.17, 15) is 9.90 Å². The number of carbonyl (C=O) groups is 1. The number of hydrogen-bond donors (Lipinski definition) is 1. The quantitative estimate of drug-likeness (QED) is 0.619. The van der Waals surface area contributed by atoms with Crippen molar-refractivity contribution in [3.8, 4) is 0 Å². The van der Waals surface area contributed by atoms with E-state index in [2.05, 4.69) is 4.98 Å². The monoisotopic (exact) mass is 190 g/mol. The van der Waals surface area contributed by atoms with Gasteiger partial charge in [-0.3, -0.25) is 10.3 Å². The number of carboxylic acids is 1. The van der Waals surface area contributed by atoms with Crippen molar-refractivity contribution in [2.24, 2.45) is 0 Å². The second-order valence-electron chi connectivity index (χ2n) is 2.46. The molecule has 0 saturated heterocycles. The molecule has 0 radical (unpaired) electrons. The van der Waals surface area contributed by atoms with Gasteiger partial charge in [0.2, 0.25) is 0 Å². The standard InChI is InChI=1S/C6H5NO2.C4H5N/c8-6(9)5-3-1-2-4-7-5;1-2-4-5-3-1/h1-4H,(H,8,9);1-5H. The number of aromatic carboxylic acids is 1. The molecule has 14 heavy (non-hydrogen) atoms. The van der Waals surface area contributed by atoms with Crippen molar-refractivity contribution >= 4 is 5.97 Å². The lowest BCUT2D eigenvalue weighted by Gasteiger charge is -1.96. The third-order valence-corrected chi connectivity index (χ3v) is 1.43. The molecule has 4 nitrogen and oxygen atoms in total. The van der Waals surface area contributed by atoms with Crippen LogP contribution in [0.1, 0.15) is 10.5 Å². The Kier molecular flexibility index (Phi) is 4.10. The van der Waals surface area contributed by atoms with E-state index in [0.717, 1.165) is 0 Å². The summed E-state index contributed by atoms with van der Waals surface area (Å²) in [6.45, 7) is 0. The highest BCUT2D eigenvalue weighted by molar-refractivity contribution is 5.83. The first-order valence-electron chi connectivity index (χ1n) is 4.10. The Labute approximate surface area is 81.6 Å². The molecule has 1 aromatic rings. The number of quaternary nitrogens is 1. The minimum absolute atomic E-state index is 0.0301. The fourth-order valence-corrected chi connectivity index (χ4v) is 0.804. The Morgan fingerprint density at radius 3 is 2.29 bits per heavy atom. The van der Waals surface area contributed by atoms with Gasteiger partial charge in [0.1, 0.15) is 0 Å². The molecule has 0 saturated carbocycles. The van der Waals surface area contributed by atoms with Crippen LogP contribution in [0.5, 0.6) is 0 Å².